The molecule has 0 aromatic rings. The van der Waals surface area contributed by atoms with Gasteiger partial charge >= 0.3 is 0 Å². The van der Waals surface area contributed by atoms with Crippen molar-refractivity contribution in [3.8, 4) is 0 Å². The number of hydrogen-bond acceptors (Lipinski definition) is 1. The second-order valence-corrected chi connectivity index (χ2v) is 6.72. The zero-order chi connectivity index (χ0) is 11.8. The molecule has 2 bridgehead atoms. The second kappa shape index (κ2) is 6.90. The van der Waals surface area contributed by atoms with Gasteiger partial charge in [-0.15, -0.1) is 0 Å². The Bertz CT molecular complexity index is 220. The number of rotatable bonds is 3. The van der Waals surface area contributed by atoms with Gasteiger partial charge in [0, 0.05) is 57.0 Å². The van der Waals surface area contributed by atoms with Gasteiger partial charge in [0.25, 0.3) is 6.92 Å². The molecule has 0 aromatic heterocycles. The maximum Gasteiger partial charge on any atom is 0.300 e. The van der Waals surface area contributed by atoms with E-state index in [2.05, 4.69) is 27.7 Å². The molecule has 93 valence electrons. The molecule has 0 spiro atoms. The second-order valence-electron chi connectivity index (χ2n) is 6.72. The molecular weight excluding hydrogens is 234 g/mol. The van der Waals surface area contributed by atoms with Gasteiger partial charge in [0.05, 0.1) is 0 Å². The Kier molecular flexibility index (Phi) is 6.78. The average molecular weight is 261 g/mol. The topological polar surface area (TPSA) is 9.23 Å². The Labute approximate surface area is 150 Å². The smallest absolute Gasteiger partial charge is 0.300 e. The molecule has 0 N–H and O–H groups in total. The van der Waals surface area contributed by atoms with E-state index in [1.165, 1.54) is 38.5 Å². The summed E-state index contributed by atoms with van der Waals surface area (Å²) in [4.78, 5) is 0. The van der Waals surface area contributed by atoms with Crippen molar-refractivity contribution < 1.29 is 4.65 Å². The van der Waals surface area contributed by atoms with Gasteiger partial charge in [-0.25, -0.2) is 0 Å². The van der Waals surface area contributed by atoms with Crippen LogP contribution >= 0.6 is 0 Å². The molecule has 0 atom stereocenters. The average Bonchev–Trinajstić information content (AvgIpc) is 2.16. The van der Waals surface area contributed by atoms with Crippen molar-refractivity contribution in [2.75, 3.05) is 0 Å². The summed E-state index contributed by atoms with van der Waals surface area (Å²) in [7, 11) is 0. The van der Waals surface area contributed by atoms with Gasteiger partial charge in [0.1, 0.15) is 0 Å². The minimum atomic E-state index is 0. The van der Waals surface area contributed by atoms with Crippen LogP contribution in [0.15, 0.2) is 0 Å². The molecule has 2 rings (SSSR count). The standard InChI is InChI=1S/C14H27BO.K/c1-11(2)14(3,4)16-15-12-7-5-8-13(15)10-6-9-12;/h11-13H,5-10H2,1-4H3;. The Morgan fingerprint density at radius 3 is 1.76 bits per heavy atom. The third kappa shape index (κ3) is 4.06. The number of fused-ring (bicyclic) bond motifs is 2. The summed E-state index contributed by atoms with van der Waals surface area (Å²) in [6.07, 6.45) is 8.53. The predicted molar refractivity (Wildman–Crippen MR) is 76.7 cm³/mol. The summed E-state index contributed by atoms with van der Waals surface area (Å²) < 4.78 is 6.51. The predicted octanol–water partition coefficient (Wildman–Crippen LogP) is 4.16. The summed E-state index contributed by atoms with van der Waals surface area (Å²) in [5.74, 6) is 2.34. The van der Waals surface area contributed by atoms with Crippen LogP contribution in [0, 0.1) is 5.92 Å². The normalized spacial score (nSPS) is 29.1. The van der Waals surface area contributed by atoms with Crippen LogP contribution in [0.4, 0.5) is 0 Å². The Balaban J connectivity index is 0.00000144. The minimum absolute atomic E-state index is 0. The quantitative estimate of drug-likeness (QED) is 0.693. The summed E-state index contributed by atoms with van der Waals surface area (Å²) >= 11 is 0. The van der Waals surface area contributed by atoms with Crippen molar-refractivity contribution in [3.05, 3.63) is 0 Å². The van der Waals surface area contributed by atoms with Crippen LogP contribution in [0.3, 0.4) is 0 Å². The first-order valence-corrected chi connectivity index (χ1v) is 7.18. The fourth-order valence-corrected chi connectivity index (χ4v) is 3.29. The maximum absolute atomic E-state index is 6.51. The molecule has 1 nitrogen and oxygen atoms in total. The molecule has 0 saturated carbocycles. The molecule has 0 unspecified atom stereocenters. The van der Waals surface area contributed by atoms with Crippen molar-refractivity contribution >= 4 is 58.3 Å². The van der Waals surface area contributed by atoms with E-state index in [0.29, 0.717) is 12.8 Å². The van der Waals surface area contributed by atoms with Gasteiger partial charge in [0.15, 0.2) is 0 Å². The molecule has 0 aromatic carbocycles. The molecule has 2 aliphatic heterocycles. The zero-order valence-electron chi connectivity index (χ0n) is 12.5. The van der Waals surface area contributed by atoms with Crippen LogP contribution in [0.5, 0.6) is 0 Å². The first-order valence-electron chi connectivity index (χ1n) is 7.18. The molecule has 1 radical (unpaired) electrons. The Morgan fingerprint density at radius 1 is 1.00 bits per heavy atom. The molecule has 17 heavy (non-hydrogen) atoms. The van der Waals surface area contributed by atoms with Crippen LogP contribution < -0.4 is 0 Å². The van der Waals surface area contributed by atoms with Crippen LogP contribution in [-0.2, 0) is 4.65 Å². The van der Waals surface area contributed by atoms with Crippen molar-refractivity contribution in [1.29, 1.82) is 0 Å². The van der Waals surface area contributed by atoms with Crippen molar-refractivity contribution in [3.63, 3.8) is 0 Å². The molecule has 2 heterocycles. The minimum Gasteiger partial charge on any atom is -0.430 e. The molecule has 2 fully saturated rings. The fourth-order valence-electron chi connectivity index (χ4n) is 3.29. The van der Waals surface area contributed by atoms with Gasteiger partial charge in [0.2, 0.25) is 0 Å². The van der Waals surface area contributed by atoms with Crippen LogP contribution in [0.1, 0.15) is 66.2 Å². The third-order valence-corrected chi connectivity index (χ3v) is 5.06. The first-order chi connectivity index (χ1) is 7.50. The monoisotopic (exact) mass is 261 g/mol. The van der Waals surface area contributed by atoms with E-state index in [0.717, 1.165) is 11.6 Å². The zero-order valence-corrected chi connectivity index (χ0v) is 15.6. The molecule has 0 amide bonds. The fraction of sp³-hybridized carbons (Fsp3) is 1.00. The van der Waals surface area contributed by atoms with E-state index in [-0.39, 0.29) is 57.0 Å². The SMILES string of the molecule is CC(C)C(C)(C)OB1C2CCCC1CCC2.[K]. The molecule has 3 heteroatoms. The summed E-state index contributed by atoms with van der Waals surface area (Å²) in [6, 6.07) is 0. The first kappa shape index (κ1) is 16.7. The van der Waals surface area contributed by atoms with E-state index in [4.69, 9.17) is 4.65 Å². The molecule has 2 aliphatic rings. The molecule has 2 saturated heterocycles. The largest absolute Gasteiger partial charge is 0.430 e. The maximum atomic E-state index is 6.51. The van der Waals surface area contributed by atoms with Crippen molar-refractivity contribution in [2.45, 2.75) is 83.5 Å². The van der Waals surface area contributed by atoms with Crippen molar-refractivity contribution in [1.82, 2.24) is 0 Å². The van der Waals surface area contributed by atoms with Crippen LogP contribution in [-0.4, -0.2) is 63.9 Å². The van der Waals surface area contributed by atoms with Gasteiger partial charge in [-0.1, -0.05) is 52.4 Å². The molecule has 0 aliphatic carbocycles. The van der Waals surface area contributed by atoms with Crippen molar-refractivity contribution in [2.24, 2.45) is 5.92 Å². The Morgan fingerprint density at radius 2 is 1.41 bits per heavy atom. The van der Waals surface area contributed by atoms with Gasteiger partial charge in [-0.05, 0) is 31.4 Å². The van der Waals surface area contributed by atoms with E-state index >= 15 is 0 Å². The van der Waals surface area contributed by atoms with Gasteiger partial charge in [-0.2, -0.15) is 0 Å². The summed E-state index contributed by atoms with van der Waals surface area (Å²) in [6.45, 7) is 9.65. The van der Waals surface area contributed by atoms with Crippen LogP contribution in [0.2, 0.25) is 11.6 Å². The number of hydrogen-bond donors (Lipinski definition) is 0. The summed E-state index contributed by atoms with van der Waals surface area (Å²) in [5, 5.41) is 0. The Hall–Kier alpha value is 1.66. The van der Waals surface area contributed by atoms with Gasteiger partial charge < -0.3 is 4.65 Å². The third-order valence-electron chi connectivity index (χ3n) is 5.06. The van der Waals surface area contributed by atoms with E-state index in [9.17, 15) is 0 Å². The molecular formula is C14H27BKO. The van der Waals surface area contributed by atoms with Crippen LogP contribution in [0.25, 0.3) is 0 Å². The van der Waals surface area contributed by atoms with Gasteiger partial charge in [-0.3, -0.25) is 0 Å². The van der Waals surface area contributed by atoms with E-state index in [1.807, 2.05) is 0 Å². The van der Waals surface area contributed by atoms with E-state index in [1.54, 1.807) is 0 Å². The summed E-state index contributed by atoms with van der Waals surface area (Å²) in [5.41, 5.74) is 0.0514. The van der Waals surface area contributed by atoms with E-state index < -0.39 is 0 Å².